The predicted octanol–water partition coefficient (Wildman–Crippen LogP) is 3.09. The molecule has 0 saturated carbocycles. The highest BCUT2D eigenvalue weighted by atomic mass is 16.1. The molecule has 1 amide bonds. The van der Waals surface area contributed by atoms with Gasteiger partial charge < -0.3 is 10.2 Å². The molecule has 1 fully saturated rings. The van der Waals surface area contributed by atoms with E-state index in [2.05, 4.69) is 45.5 Å². The molecule has 138 valence electrons. The van der Waals surface area contributed by atoms with Crippen LogP contribution in [-0.2, 0) is 17.6 Å². The van der Waals surface area contributed by atoms with Crippen molar-refractivity contribution in [3.63, 3.8) is 0 Å². The van der Waals surface area contributed by atoms with Crippen LogP contribution in [0.4, 0.5) is 0 Å². The standard InChI is InChI=1S/C22H29N3O/c26-22(17-21-7-4-12-23-18-21)24-13-16-25-14-10-20(11-15-25)9-8-19-5-2-1-3-6-19/h1-7,12,18,20H,8-11,13-17H2,(H,24,26). The third kappa shape index (κ3) is 6.26. The summed E-state index contributed by atoms with van der Waals surface area (Å²) in [4.78, 5) is 18.5. The molecule has 2 aromatic rings. The minimum atomic E-state index is 0.0794. The number of aryl methyl sites for hydroxylation is 1. The fourth-order valence-corrected chi connectivity index (χ4v) is 3.62. The average molecular weight is 351 g/mol. The minimum Gasteiger partial charge on any atom is -0.355 e. The number of benzene rings is 1. The van der Waals surface area contributed by atoms with E-state index >= 15 is 0 Å². The summed E-state index contributed by atoms with van der Waals surface area (Å²) in [7, 11) is 0. The van der Waals surface area contributed by atoms with E-state index in [9.17, 15) is 4.79 Å². The van der Waals surface area contributed by atoms with Crippen molar-refractivity contribution in [2.45, 2.75) is 32.1 Å². The first-order valence-electron chi connectivity index (χ1n) is 9.71. The van der Waals surface area contributed by atoms with E-state index in [-0.39, 0.29) is 5.91 Å². The Labute approximate surface area is 156 Å². The summed E-state index contributed by atoms with van der Waals surface area (Å²) in [6.07, 6.45) is 8.92. The van der Waals surface area contributed by atoms with E-state index in [0.717, 1.165) is 37.7 Å². The third-order valence-corrected chi connectivity index (χ3v) is 5.23. The molecule has 1 aromatic carbocycles. The fourth-order valence-electron chi connectivity index (χ4n) is 3.62. The molecule has 0 atom stereocenters. The molecule has 1 saturated heterocycles. The van der Waals surface area contributed by atoms with Gasteiger partial charge in [-0.1, -0.05) is 36.4 Å². The average Bonchev–Trinajstić information content (AvgIpc) is 2.69. The van der Waals surface area contributed by atoms with Gasteiger partial charge in [0.2, 0.25) is 5.91 Å². The molecule has 0 unspecified atom stereocenters. The Bertz CT molecular complexity index is 652. The summed E-state index contributed by atoms with van der Waals surface area (Å²) in [5.74, 6) is 0.919. The normalized spacial score (nSPS) is 15.7. The zero-order valence-corrected chi connectivity index (χ0v) is 15.4. The van der Waals surface area contributed by atoms with Crippen molar-refractivity contribution in [3.8, 4) is 0 Å². The number of carbonyl (C=O) groups excluding carboxylic acids is 1. The first kappa shape index (κ1) is 18.6. The van der Waals surface area contributed by atoms with Gasteiger partial charge in [0.25, 0.3) is 0 Å². The Morgan fingerprint density at radius 3 is 2.58 bits per heavy atom. The van der Waals surface area contributed by atoms with E-state index in [1.54, 1.807) is 12.4 Å². The summed E-state index contributed by atoms with van der Waals surface area (Å²) in [5, 5.41) is 3.03. The van der Waals surface area contributed by atoms with E-state index in [1.807, 2.05) is 12.1 Å². The van der Waals surface area contributed by atoms with Crippen molar-refractivity contribution in [3.05, 3.63) is 66.0 Å². The molecular formula is C22H29N3O. The monoisotopic (exact) mass is 351 g/mol. The zero-order chi connectivity index (χ0) is 18.0. The van der Waals surface area contributed by atoms with Crippen LogP contribution in [0.25, 0.3) is 0 Å². The van der Waals surface area contributed by atoms with Crippen molar-refractivity contribution in [1.29, 1.82) is 0 Å². The number of amides is 1. The highest BCUT2D eigenvalue weighted by molar-refractivity contribution is 5.78. The van der Waals surface area contributed by atoms with E-state index in [1.165, 1.54) is 31.2 Å². The van der Waals surface area contributed by atoms with Crippen LogP contribution in [-0.4, -0.2) is 42.0 Å². The van der Waals surface area contributed by atoms with Gasteiger partial charge in [-0.25, -0.2) is 0 Å². The molecule has 1 aromatic heterocycles. The summed E-state index contributed by atoms with van der Waals surface area (Å²) < 4.78 is 0. The maximum absolute atomic E-state index is 12.0. The summed E-state index contributed by atoms with van der Waals surface area (Å²) >= 11 is 0. The summed E-state index contributed by atoms with van der Waals surface area (Å²) in [5.41, 5.74) is 2.41. The molecule has 1 aliphatic rings. The topological polar surface area (TPSA) is 45.2 Å². The summed E-state index contributed by atoms with van der Waals surface area (Å²) in [6, 6.07) is 14.6. The number of piperidine rings is 1. The van der Waals surface area contributed by atoms with Gasteiger partial charge in [-0.15, -0.1) is 0 Å². The quantitative estimate of drug-likeness (QED) is 0.795. The number of carbonyl (C=O) groups is 1. The number of aromatic nitrogens is 1. The van der Waals surface area contributed by atoms with Gasteiger partial charge in [-0.2, -0.15) is 0 Å². The van der Waals surface area contributed by atoms with Gasteiger partial charge >= 0.3 is 0 Å². The maximum Gasteiger partial charge on any atom is 0.224 e. The lowest BCUT2D eigenvalue weighted by Gasteiger charge is -2.32. The number of pyridine rings is 1. The molecule has 4 nitrogen and oxygen atoms in total. The molecule has 1 N–H and O–H groups in total. The first-order chi connectivity index (χ1) is 12.8. The SMILES string of the molecule is O=C(Cc1cccnc1)NCCN1CCC(CCc2ccccc2)CC1. The Morgan fingerprint density at radius 1 is 1.08 bits per heavy atom. The van der Waals surface area contributed by atoms with Crippen molar-refractivity contribution in [1.82, 2.24) is 15.2 Å². The second-order valence-electron chi connectivity index (χ2n) is 7.20. The second kappa shape index (κ2) is 10.1. The molecule has 3 rings (SSSR count). The van der Waals surface area contributed by atoms with Gasteiger partial charge in [0.1, 0.15) is 0 Å². The first-order valence-corrected chi connectivity index (χ1v) is 9.71. The van der Waals surface area contributed by atoms with Crippen LogP contribution in [0.2, 0.25) is 0 Å². The molecule has 0 aliphatic carbocycles. The maximum atomic E-state index is 12.0. The third-order valence-electron chi connectivity index (χ3n) is 5.23. The molecule has 2 heterocycles. The highest BCUT2D eigenvalue weighted by Crippen LogP contribution is 2.22. The number of nitrogens with zero attached hydrogens (tertiary/aromatic N) is 2. The van der Waals surface area contributed by atoms with Gasteiger partial charge in [0.15, 0.2) is 0 Å². The number of likely N-dealkylation sites (tertiary alicyclic amines) is 1. The van der Waals surface area contributed by atoms with Crippen LogP contribution in [0.3, 0.4) is 0 Å². The largest absolute Gasteiger partial charge is 0.355 e. The molecule has 0 spiro atoms. The van der Waals surface area contributed by atoms with Crippen LogP contribution >= 0.6 is 0 Å². The number of hydrogen-bond acceptors (Lipinski definition) is 3. The van der Waals surface area contributed by atoms with Crippen LogP contribution in [0.1, 0.15) is 30.4 Å². The Kier molecular flexibility index (Phi) is 7.20. The van der Waals surface area contributed by atoms with E-state index < -0.39 is 0 Å². The molecule has 0 radical (unpaired) electrons. The molecule has 1 aliphatic heterocycles. The number of nitrogens with one attached hydrogen (secondary N) is 1. The van der Waals surface area contributed by atoms with Crippen molar-refractivity contribution in [2.24, 2.45) is 5.92 Å². The van der Waals surface area contributed by atoms with Crippen LogP contribution in [0, 0.1) is 5.92 Å². The van der Waals surface area contributed by atoms with Gasteiger partial charge in [-0.05, 0) is 61.9 Å². The van der Waals surface area contributed by atoms with E-state index in [4.69, 9.17) is 0 Å². The van der Waals surface area contributed by atoms with Gasteiger partial charge in [0, 0.05) is 25.5 Å². The smallest absolute Gasteiger partial charge is 0.224 e. The van der Waals surface area contributed by atoms with Gasteiger partial charge in [-0.3, -0.25) is 9.78 Å². The Hall–Kier alpha value is -2.20. The Balaban J connectivity index is 1.27. The van der Waals surface area contributed by atoms with Crippen molar-refractivity contribution < 1.29 is 4.79 Å². The van der Waals surface area contributed by atoms with Crippen LogP contribution in [0.5, 0.6) is 0 Å². The van der Waals surface area contributed by atoms with Crippen molar-refractivity contribution >= 4 is 5.91 Å². The summed E-state index contributed by atoms with van der Waals surface area (Å²) in [6.45, 7) is 3.98. The van der Waals surface area contributed by atoms with Crippen LogP contribution in [0.15, 0.2) is 54.9 Å². The molecule has 4 heteroatoms. The second-order valence-corrected chi connectivity index (χ2v) is 7.20. The Morgan fingerprint density at radius 2 is 1.85 bits per heavy atom. The highest BCUT2D eigenvalue weighted by Gasteiger charge is 2.18. The van der Waals surface area contributed by atoms with Gasteiger partial charge in [0.05, 0.1) is 6.42 Å². The molecule has 0 bridgehead atoms. The van der Waals surface area contributed by atoms with Crippen molar-refractivity contribution in [2.75, 3.05) is 26.2 Å². The fraction of sp³-hybridized carbons (Fsp3) is 0.455. The van der Waals surface area contributed by atoms with E-state index in [0.29, 0.717) is 6.42 Å². The van der Waals surface area contributed by atoms with Crippen LogP contribution < -0.4 is 5.32 Å². The lowest BCUT2D eigenvalue weighted by atomic mass is 9.90. The predicted molar refractivity (Wildman–Crippen MR) is 105 cm³/mol. The minimum absolute atomic E-state index is 0.0794. The lowest BCUT2D eigenvalue weighted by molar-refractivity contribution is -0.120. The molecule has 26 heavy (non-hydrogen) atoms. The number of rotatable bonds is 8. The number of hydrogen-bond donors (Lipinski definition) is 1. The lowest BCUT2D eigenvalue weighted by Crippen LogP contribution is -2.40. The molecular weight excluding hydrogens is 322 g/mol. The zero-order valence-electron chi connectivity index (χ0n) is 15.4.